The molecule has 1 aliphatic rings. The Morgan fingerprint density at radius 1 is 1.37 bits per heavy atom. The lowest BCUT2D eigenvalue weighted by molar-refractivity contribution is -0.0516. The number of nitrogens with zero attached hydrogens (tertiary/aromatic N) is 1. The molecule has 0 aliphatic carbocycles. The summed E-state index contributed by atoms with van der Waals surface area (Å²) in [5.74, 6) is -0.0175. The molecule has 2 rings (SSSR count). The smallest absolute Gasteiger partial charge is 0.218 e. The van der Waals surface area contributed by atoms with Crippen LogP contribution in [0.15, 0.2) is 30.3 Å². The van der Waals surface area contributed by atoms with Crippen LogP contribution in [0.5, 0.6) is 0 Å². The second-order valence-corrected chi connectivity index (χ2v) is 6.72. The largest absolute Gasteiger partial charge is 0.394 e. The Balaban J connectivity index is 2.14. The minimum atomic E-state index is -3.39. The van der Waals surface area contributed by atoms with E-state index in [1.807, 2.05) is 25.1 Å². The highest BCUT2D eigenvalue weighted by atomic mass is 32.2. The van der Waals surface area contributed by atoms with Crippen molar-refractivity contribution in [1.82, 2.24) is 4.31 Å². The number of rotatable bonds is 4. The topological polar surface area (TPSA) is 66.8 Å². The molecule has 0 radical (unpaired) electrons. The fraction of sp³-hybridized carbons (Fsp3) is 0.538. The summed E-state index contributed by atoms with van der Waals surface area (Å²) in [5.41, 5.74) is 0.766. The number of ether oxygens (including phenoxy) is 1. The van der Waals surface area contributed by atoms with Crippen molar-refractivity contribution < 1.29 is 18.3 Å². The predicted molar refractivity (Wildman–Crippen MR) is 72.1 cm³/mol. The minimum Gasteiger partial charge on any atom is -0.394 e. The van der Waals surface area contributed by atoms with Gasteiger partial charge in [0.15, 0.2) is 0 Å². The molecular formula is C13H19NO4S. The van der Waals surface area contributed by atoms with Crippen LogP contribution >= 0.6 is 0 Å². The Bertz CT molecular complexity index is 503. The fourth-order valence-corrected chi connectivity index (χ4v) is 3.94. The second kappa shape index (κ2) is 6.00. The second-order valence-electron chi connectivity index (χ2n) is 4.80. The average molecular weight is 285 g/mol. The van der Waals surface area contributed by atoms with Gasteiger partial charge in [0.2, 0.25) is 10.0 Å². The van der Waals surface area contributed by atoms with Gasteiger partial charge in [0.05, 0.1) is 25.1 Å². The Labute approximate surface area is 113 Å². The summed E-state index contributed by atoms with van der Waals surface area (Å²) < 4.78 is 31.6. The van der Waals surface area contributed by atoms with Crippen LogP contribution in [0.1, 0.15) is 12.5 Å². The first-order valence-electron chi connectivity index (χ1n) is 6.29. The number of morpholine rings is 1. The maximum absolute atomic E-state index is 12.4. The van der Waals surface area contributed by atoms with E-state index in [4.69, 9.17) is 9.84 Å². The molecule has 6 heteroatoms. The number of aliphatic hydroxyl groups is 1. The summed E-state index contributed by atoms with van der Waals surface area (Å²) in [6.45, 7) is 2.19. The standard InChI is InChI=1S/C13H19NO4S/c1-11-9-18-13(8-15)7-14(11)19(16,17)10-12-5-3-2-4-6-12/h2-6,11,13,15H,7-10H2,1H3. The highest BCUT2D eigenvalue weighted by molar-refractivity contribution is 7.88. The maximum atomic E-state index is 12.4. The van der Waals surface area contributed by atoms with Gasteiger partial charge in [0.25, 0.3) is 0 Å². The van der Waals surface area contributed by atoms with Crippen LogP contribution in [-0.4, -0.2) is 49.7 Å². The lowest BCUT2D eigenvalue weighted by Crippen LogP contribution is -2.52. The van der Waals surface area contributed by atoms with Crippen LogP contribution in [0, 0.1) is 0 Å². The zero-order valence-corrected chi connectivity index (χ0v) is 11.7. The first-order valence-corrected chi connectivity index (χ1v) is 7.90. The van der Waals surface area contributed by atoms with E-state index in [2.05, 4.69) is 0 Å². The van der Waals surface area contributed by atoms with E-state index in [-0.39, 0.29) is 24.9 Å². The molecule has 1 saturated heterocycles. The molecule has 0 aromatic heterocycles. The first kappa shape index (κ1) is 14.5. The third-order valence-corrected chi connectivity index (χ3v) is 5.12. The lowest BCUT2D eigenvalue weighted by Gasteiger charge is -2.36. The van der Waals surface area contributed by atoms with E-state index in [9.17, 15) is 8.42 Å². The highest BCUT2D eigenvalue weighted by Crippen LogP contribution is 2.19. The zero-order chi connectivity index (χ0) is 13.9. The molecule has 5 nitrogen and oxygen atoms in total. The van der Waals surface area contributed by atoms with E-state index in [1.54, 1.807) is 12.1 Å². The molecule has 0 amide bonds. The van der Waals surface area contributed by atoms with Crippen molar-refractivity contribution in [3.63, 3.8) is 0 Å². The summed E-state index contributed by atoms with van der Waals surface area (Å²) in [5, 5.41) is 9.10. The predicted octanol–water partition coefficient (Wildman–Crippen LogP) is 0.598. The van der Waals surface area contributed by atoms with Gasteiger partial charge in [-0.05, 0) is 12.5 Å². The van der Waals surface area contributed by atoms with Crippen molar-refractivity contribution in [3.05, 3.63) is 35.9 Å². The average Bonchev–Trinajstić information content (AvgIpc) is 2.39. The number of aliphatic hydroxyl groups excluding tert-OH is 1. The van der Waals surface area contributed by atoms with Crippen LogP contribution in [0.25, 0.3) is 0 Å². The molecule has 1 aromatic rings. The van der Waals surface area contributed by atoms with Gasteiger partial charge in [-0.3, -0.25) is 0 Å². The van der Waals surface area contributed by atoms with Crippen LogP contribution in [-0.2, 0) is 20.5 Å². The van der Waals surface area contributed by atoms with Crippen LogP contribution < -0.4 is 0 Å². The molecule has 1 heterocycles. The van der Waals surface area contributed by atoms with Crippen molar-refractivity contribution in [2.75, 3.05) is 19.8 Å². The molecule has 0 saturated carbocycles. The Morgan fingerprint density at radius 3 is 2.68 bits per heavy atom. The molecule has 106 valence electrons. The molecule has 1 aliphatic heterocycles. The minimum absolute atomic E-state index is 0.0175. The third kappa shape index (κ3) is 3.54. The third-order valence-electron chi connectivity index (χ3n) is 3.20. The van der Waals surface area contributed by atoms with Crippen molar-refractivity contribution in [1.29, 1.82) is 0 Å². The number of hydrogen-bond donors (Lipinski definition) is 1. The van der Waals surface area contributed by atoms with E-state index in [0.29, 0.717) is 6.61 Å². The number of hydrogen-bond acceptors (Lipinski definition) is 4. The monoisotopic (exact) mass is 285 g/mol. The molecule has 1 fully saturated rings. The van der Waals surface area contributed by atoms with Crippen molar-refractivity contribution in [3.8, 4) is 0 Å². The van der Waals surface area contributed by atoms with Gasteiger partial charge < -0.3 is 9.84 Å². The van der Waals surface area contributed by atoms with E-state index in [0.717, 1.165) is 5.56 Å². The van der Waals surface area contributed by atoms with Crippen LogP contribution in [0.4, 0.5) is 0 Å². The van der Waals surface area contributed by atoms with Crippen molar-refractivity contribution in [2.45, 2.75) is 24.8 Å². The molecule has 0 spiro atoms. The van der Waals surface area contributed by atoms with Gasteiger partial charge in [0.1, 0.15) is 0 Å². The Kier molecular flexibility index (Phi) is 4.57. The molecule has 19 heavy (non-hydrogen) atoms. The summed E-state index contributed by atoms with van der Waals surface area (Å²) >= 11 is 0. The van der Waals surface area contributed by atoms with Crippen LogP contribution in [0.2, 0.25) is 0 Å². The van der Waals surface area contributed by atoms with E-state index in [1.165, 1.54) is 4.31 Å². The van der Waals surface area contributed by atoms with Gasteiger partial charge in [-0.2, -0.15) is 4.31 Å². The normalized spacial score (nSPS) is 25.4. The number of sulfonamides is 1. The molecule has 0 bridgehead atoms. The highest BCUT2D eigenvalue weighted by Gasteiger charge is 2.34. The fourth-order valence-electron chi connectivity index (χ4n) is 2.16. The Morgan fingerprint density at radius 2 is 2.05 bits per heavy atom. The zero-order valence-electron chi connectivity index (χ0n) is 10.9. The SMILES string of the molecule is CC1COC(CO)CN1S(=O)(=O)Cc1ccccc1. The van der Waals surface area contributed by atoms with Crippen molar-refractivity contribution >= 4 is 10.0 Å². The summed E-state index contributed by atoms with van der Waals surface area (Å²) in [6, 6.07) is 8.90. The maximum Gasteiger partial charge on any atom is 0.218 e. The quantitative estimate of drug-likeness (QED) is 0.879. The van der Waals surface area contributed by atoms with Crippen molar-refractivity contribution in [2.24, 2.45) is 0 Å². The van der Waals surface area contributed by atoms with Gasteiger partial charge >= 0.3 is 0 Å². The first-order chi connectivity index (χ1) is 9.03. The summed E-state index contributed by atoms with van der Waals surface area (Å²) in [7, 11) is -3.39. The van der Waals surface area contributed by atoms with E-state index >= 15 is 0 Å². The van der Waals surface area contributed by atoms with Gasteiger partial charge in [-0.15, -0.1) is 0 Å². The van der Waals surface area contributed by atoms with Gasteiger partial charge in [0, 0.05) is 12.6 Å². The molecule has 2 unspecified atom stereocenters. The van der Waals surface area contributed by atoms with Gasteiger partial charge in [-0.25, -0.2) is 8.42 Å². The molecule has 2 atom stereocenters. The molecule has 1 aromatic carbocycles. The van der Waals surface area contributed by atoms with Crippen LogP contribution in [0.3, 0.4) is 0 Å². The molecular weight excluding hydrogens is 266 g/mol. The lowest BCUT2D eigenvalue weighted by atomic mass is 10.2. The molecule has 1 N–H and O–H groups in total. The summed E-state index contributed by atoms with van der Waals surface area (Å²) in [6.07, 6.45) is -0.429. The van der Waals surface area contributed by atoms with E-state index < -0.39 is 16.1 Å². The number of benzene rings is 1. The summed E-state index contributed by atoms with van der Waals surface area (Å²) in [4.78, 5) is 0. The Hall–Kier alpha value is -0.950. The van der Waals surface area contributed by atoms with Gasteiger partial charge in [-0.1, -0.05) is 30.3 Å².